The van der Waals surface area contributed by atoms with Crippen LogP contribution in [0.5, 0.6) is 0 Å². The zero-order chi connectivity index (χ0) is 12.3. The maximum absolute atomic E-state index is 10.7. The SMILES string of the molecule is CC(NCC1CCC1)c1cccc([N+](=O)[O-])c1. The van der Waals surface area contributed by atoms with Crippen LogP contribution in [0, 0.1) is 16.0 Å². The van der Waals surface area contributed by atoms with Gasteiger partial charge in [0, 0.05) is 18.2 Å². The highest BCUT2D eigenvalue weighted by atomic mass is 16.6. The topological polar surface area (TPSA) is 55.2 Å². The fourth-order valence-electron chi connectivity index (χ4n) is 2.07. The van der Waals surface area contributed by atoms with Crippen LogP contribution in [0.1, 0.15) is 37.8 Å². The second kappa shape index (κ2) is 5.27. The van der Waals surface area contributed by atoms with Crippen LogP contribution >= 0.6 is 0 Å². The predicted octanol–water partition coefficient (Wildman–Crippen LogP) is 3.05. The van der Waals surface area contributed by atoms with Crippen LogP contribution in [0.3, 0.4) is 0 Å². The van der Waals surface area contributed by atoms with Gasteiger partial charge in [-0.3, -0.25) is 10.1 Å². The molecule has 1 N–H and O–H groups in total. The molecule has 1 atom stereocenters. The standard InChI is InChI=1S/C13H18N2O2/c1-10(14-9-11-4-2-5-11)12-6-3-7-13(8-12)15(16)17/h3,6-8,10-11,14H,2,4-5,9H2,1H3. The molecular weight excluding hydrogens is 216 g/mol. The van der Waals surface area contributed by atoms with Gasteiger partial charge in [0.25, 0.3) is 5.69 Å². The quantitative estimate of drug-likeness (QED) is 0.629. The second-order valence-electron chi connectivity index (χ2n) is 4.78. The molecule has 0 aliphatic heterocycles. The van der Waals surface area contributed by atoms with E-state index in [0.29, 0.717) is 0 Å². The number of nitrogens with one attached hydrogen (secondary N) is 1. The van der Waals surface area contributed by atoms with Crippen LogP contribution < -0.4 is 5.32 Å². The highest BCUT2D eigenvalue weighted by molar-refractivity contribution is 5.35. The van der Waals surface area contributed by atoms with Gasteiger partial charge in [0.15, 0.2) is 0 Å². The summed E-state index contributed by atoms with van der Waals surface area (Å²) in [5.41, 5.74) is 1.15. The minimum Gasteiger partial charge on any atom is -0.310 e. The summed E-state index contributed by atoms with van der Waals surface area (Å²) in [6.07, 6.45) is 3.97. The average molecular weight is 234 g/mol. The predicted molar refractivity (Wildman–Crippen MR) is 66.9 cm³/mol. The summed E-state index contributed by atoms with van der Waals surface area (Å²) in [6.45, 7) is 3.07. The van der Waals surface area contributed by atoms with E-state index in [9.17, 15) is 10.1 Å². The highest BCUT2D eigenvalue weighted by Gasteiger charge is 2.18. The molecule has 17 heavy (non-hydrogen) atoms. The van der Waals surface area contributed by atoms with E-state index in [1.165, 1.54) is 25.3 Å². The van der Waals surface area contributed by atoms with E-state index in [1.807, 2.05) is 6.07 Å². The normalized spacial score (nSPS) is 17.5. The molecule has 0 heterocycles. The van der Waals surface area contributed by atoms with Gasteiger partial charge in [0.2, 0.25) is 0 Å². The Kier molecular flexibility index (Phi) is 3.74. The lowest BCUT2D eigenvalue weighted by atomic mass is 9.85. The molecular formula is C13H18N2O2. The second-order valence-corrected chi connectivity index (χ2v) is 4.78. The van der Waals surface area contributed by atoms with E-state index < -0.39 is 0 Å². The van der Waals surface area contributed by atoms with Gasteiger partial charge in [0.1, 0.15) is 0 Å². The molecule has 1 unspecified atom stereocenters. The third-order valence-electron chi connectivity index (χ3n) is 3.52. The lowest BCUT2D eigenvalue weighted by Crippen LogP contribution is -2.29. The van der Waals surface area contributed by atoms with Crippen LogP contribution in [0.2, 0.25) is 0 Å². The van der Waals surface area contributed by atoms with Crippen molar-refractivity contribution in [2.24, 2.45) is 5.92 Å². The molecule has 92 valence electrons. The summed E-state index contributed by atoms with van der Waals surface area (Å²) >= 11 is 0. The van der Waals surface area contributed by atoms with Gasteiger partial charge in [-0.2, -0.15) is 0 Å². The molecule has 4 nitrogen and oxygen atoms in total. The highest BCUT2D eigenvalue weighted by Crippen LogP contribution is 2.26. The first kappa shape index (κ1) is 12.0. The van der Waals surface area contributed by atoms with Crippen molar-refractivity contribution in [2.75, 3.05) is 6.54 Å². The Bertz CT molecular complexity index is 402. The van der Waals surface area contributed by atoms with Gasteiger partial charge in [-0.1, -0.05) is 18.6 Å². The summed E-state index contributed by atoms with van der Waals surface area (Å²) in [7, 11) is 0. The summed E-state index contributed by atoms with van der Waals surface area (Å²) in [5, 5.41) is 14.1. The number of nitrogens with zero attached hydrogens (tertiary/aromatic N) is 1. The van der Waals surface area contributed by atoms with Gasteiger partial charge in [-0.15, -0.1) is 0 Å². The molecule has 1 aliphatic rings. The smallest absolute Gasteiger partial charge is 0.269 e. The Morgan fingerprint density at radius 2 is 2.29 bits per heavy atom. The molecule has 0 radical (unpaired) electrons. The minimum absolute atomic E-state index is 0.166. The Morgan fingerprint density at radius 1 is 1.53 bits per heavy atom. The maximum Gasteiger partial charge on any atom is 0.269 e. The van der Waals surface area contributed by atoms with E-state index in [0.717, 1.165) is 18.0 Å². The number of nitro benzene ring substituents is 1. The van der Waals surface area contributed by atoms with Crippen molar-refractivity contribution in [3.05, 3.63) is 39.9 Å². The monoisotopic (exact) mass is 234 g/mol. The molecule has 1 aromatic rings. The lowest BCUT2D eigenvalue weighted by molar-refractivity contribution is -0.384. The summed E-state index contributed by atoms with van der Waals surface area (Å²) in [6, 6.07) is 7.04. The Labute approximate surface area is 101 Å². The lowest BCUT2D eigenvalue weighted by Gasteiger charge is -2.27. The number of rotatable bonds is 5. The average Bonchev–Trinajstić information content (AvgIpc) is 2.27. The van der Waals surface area contributed by atoms with E-state index >= 15 is 0 Å². The molecule has 1 saturated carbocycles. The van der Waals surface area contributed by atoms with E-state index in [2.05, 4.69) is 12.2 Å². The summed E-state index contributed by atoms with van der Waals surface area (Å²) < 4.78 is 0. The first-order valence-electron chi connectivity index (χ1n) is 6.14. The third-order valence-corrected chi connectivity index (χ3v) is 3.52. The van der Waals surface area contributed by atoms with Crippen molar-refractivity contribution in [1.82, 2.24) is 5.32 Å². The van der Waals surface area contributed by atoms with Gasteiger partial charge < -0.3 is 5.32 Å². The molecule has 0 saturated heterocycles. The number of hydrogen-bond donors (Lipinski definition) is 1. The van der Waals surface area contributed by atoms with Crippen molar-refractivity contribution in [2.45, 2.75) is 32.2 Å². The molecule has 4 heteroatoms. The van der Waals surface area contributed by atoms with Crippen LogP contribution in [0.4, 0.5) is 5.69 Å². The Balaban J connectivity index is 1.94. The van der Waals surface area contributed by atoms with Crippen molar-refractivity contribution in [3.63, 3.8) is 0 Å². The first-order valence-corrected chi connectivity index (χ1v) is 6.14. The molecule has 0 amide bonds. The number of benzene rings is 1. The van der Waals surface area contributed by atoms with Crippen LogP contribution in [-0.4, -0.2) is 11.5 Å². The number of hydrogen-bond acceptors (Lipinski definition) is 3. The zero-order valence-corrected chi connectivity index (χ0v) is 10.1. The number of nitro groups is 1. The molecule has 1 fully saturated rings. The minimum atomic E-state index is -0.345. The Morgan fingerprint density at radius 3 is 2.88 bits per heavy atom. The van der Waals surface area contributed by atoms with Gasteiger partial charge in [-0.05, 0) is 37.8 Å². The maximum atomic E-state index is 10.7. The van der Waals surface area contributed by atoms with Crippen LogP contribution in [-0.2, 0) is 0 Å². The molecule has 0 aromatic heterocycles. The van der Waals surface area contributed by atoms with Crippen molar-refractivity contribution < 1.29 is 4.92 Å². The molecule has 0 spiro atoms. The van der Waals surface area contributed by atoms with Gasteiger partial charge >= 0.3 is 0 Å². The van der Waals surface area contributed by atoms with E-state index in [4.69, 9.17) is 0 Å². The summed E-state index contributed by atoms with van der Waals surface area (Å²) in [4.78, 5) is 10.3. The Hall–Kier alpha value is -1.42. The zero-order valence-electron chi connectivity index (χ0n) is 10.1. The third kappa shape index (κ3) is 3.03. The summed E-state index contributed by atoms with van der Waals surface area (Å²) in [5.74, 6) is 0.802. The van der Waals surface area contributed by atoms with E-state index in [1.54, 1.807) is 12.1 Å². The van der Waals surface area contributed by atoms with Crippen LogP contribution in [0.25, 0.3) is 0 Å². The largest absolute Gasteiger partial charge is 0.310 e. The number of non-ortho nitro benzene ring substituents is 1. The first-order chi connectivity index (χ1) is 8.16. The molecule has 1 aliphatic carbocycles. The van der Waals surface area contributed by atoms with Crippen molar-refractivity contribution in [1.29, 1.82) is 0 Å². The van der Waals surface area contributed by atoms with Gasteiger partial charge in [0.05, 0.1) is 4.92 Å². The van der Waals surface area contributed by atoms with E-state index in [-0.39, 0.29) is 16.7 Å². The molecule has 1 aromatic carbocycles. The molecule has 2 rings (SSSR count). The fourth-order valence-corrected chi connectivity index (χ4v) is 2.07. The van der Waals surface area contributed by atoms with Crippen molar-refractivity contribution >= 4 is 5.69 Å². The molecule has 0 bridgehead atoms. The van der Waals surface area contributed by atoms with Crippen LogP contribution in [0.15, 0.2) is 24.3 Å². The fraction of sp³-hybridized carbons (Fsp3) is 0.538. The van der Waals surface area contributed by atoms with Crippen molar-refractivity contribution in [3.8, 4) is 0 Å². The van der Waals surface area contributed by atoms with Gasteiger partial charge in [-0.25, -0.2) is 0 Å².